The first-order chi connectivity index (χ1) is 9.16. The van der Waals surface area contributed by atoms with Gasteiger partial charge in [0.15, 0.2) is 0 Å². The number of anilines is 1. The van der Waals surface area contributed by atoms with Crippen molar-refractivity contribution in [1.82, 2.24) is 14.9 Å². The molecule has 0 aliphatic carbocycles. The van der Waals surface area contributed by atoms with Crippen LogP contribution >= 0.6 is 11.6 Å². The van der Waals surface area contributed by atoms with Crippen LogP contribution in [0.5, 0.6) is 0 Å². The van der Waals surface area contributed by atoms with Crippen molar-refractivity contribution < 1.29 is 4.79 Å². The molecule has 1 amide bonds. The Morgan fingerprint density at radius 3 is 3.00 bits per heavy atom. The summed E-state index contributed by atoms with van der Waals surface area (Å²) in [5, 5.41) is 3.29. The maximum atomic E-state index is 11.8. The van der Waals surface area contributed by atoms with Crippen molar-refractivity contribution in [2.45, 2.75) is 13.0 Å². The molecule has 1 heterocycles. The van der Waals surface area contributed by atoms with Gasteiger partial charge in [0, 0.05) is 31.0 Å². The first-order valence-corrected chi connectivity index (χ1v) is 6.33. The van der Waals surface area contributed by atoms with Gasteiger partial charge < -0.3 is 15.6 Å². The minimum absolute atomic E-state index is 0.144. The van der Waals surface area contributed by atoms with Crippen molar-refractivity contribution in [2.75, 3.05) is 12.3 Å². The molecule has 5 nitrogen and oxygen atoms in total. The topological polar surface area (TPSA) is 72.9 Å². The van der Waals surface area contributed by atoms with Crippen molar-refractivity contribution in [2.24, 2.45) is 0 Å². The number of imidazole rings is 1. The average Bonchev–Trinajstić information content (AvgIpc) is 2.91. The Labute approximate surface area is 116 Å². The highest BCUT2D eigenvalue weighted by Gasteiger charge is 2.06. The SMILES string of the molecule is Nc1cc(C(=O)NCCCn2ccnc2)ccc1Cl. The van der Waals surface area contributed by atoms with Gasteiger partial charge in [-0.2, -0.15) is 0 Å². The number of hydrogen-bond donors (Lipinski definition) is 2. The maximum Gasteiger partial charge on any atom is 0.251 e. The van der Waals surface area contributed by atoms with E-state index in [1.165, 1.54) is 0 Å². The van der Waals surface area contributed by atoms with E-state index < -0.39 is 0 Å². The number of aryl methyl sites for hydroxylation is 1. The predicted molar refractivity (Wildman–Crippen MR) is 75.0 cm³/mol. The van der Waals surface area contributed by atoms with Crippen LogP contribution in [0.4, 0.5) is 5.69 Å². The molecule has 6 heteroatoms. The van der Waals surface area contributed by atoms with Crippen LogP contribution in [0, 0.1) is 0 Å². The van der Waals surface area contributed by atoms with Gasteiger partial charge in [0.25, 0.3) is 5.91 Å². The van der Waals surface area contributed by atoms with Crippen LogP contribution in [0.25, 0.3) is 0 Å². The summed E-state index contributed by atoms with van der Waals surface area (Å²) in [5.41, 5.74) is 6.58. The molecule has 0 aliphatic heterocycles. The van der Waals surface area contributed by atoms with E-state index in [2.05, 4.69) is 10.3 Å². The van der Waals surface area contributed by atoms with Crippen molar-refractivity contribution in [3.05, 3.63) is 47.5 Å². The molecule has 19 heavy (non-hydrogen) atoms. The fourth-order valence-electron chi connectivity index (χ4n) is 1.67. The van der Waals surface area contributed by atoms with Gasteiger partial charge in [-0.05, 0) is 24.6 Å². The number of aromatic nitrogens is 2. The lowest BCUT2D eigenvalue weighted by molar-refractivity contribution is 0.0953. The zero-order chi connectivity index (χ0) is 13.7. The van der Waals surface area contributed by atoms with E-state index in [9.17, 15) is 4.79 Å². The minimum atomic E-state index is -0.144. The van der Waals surface area contributed by atoms with E-state index in [4.69, 9.17) is 17.3 Å². The second-order valence-electron chi connectivity index (χ2n) is 4.15. The summed E-state index contributed by atoms with van der Waals surface area (Å²) >= 11 is 5.80. The Balaban J connectivity index is 1.79. The van der Waals surface area contributed by atoms with E-state index in [0.717, 1.165) is 13.0 Å². The molecular weight excluding hydrogens is 264 g/mol. The molecule has 1 aromatic carbocycles. The predicted octanol–water partition coefficient (Wildman–Crippen LogP) is 1.94. The van der Waals surface area contributed by atoms with E-state index >= 15 is 0 Å². The summed E-state index contributed by atoms with van der Waals surface area (Å²) in [6.45, 7) is 1.42. The first-order valence-electron chi connectivity index (χ1n) is 5.96. The quantitative estimate of drug-likeness (QED) is 0.648. The fourth-order valence-corrected chi connectivity index (χ4v) is 1.79. The Morgan fingerprint density at radius 1 is 1.47 bits per heavy atom. The van der Waals surface area contributed by atoms with Crippen molar-refractivity contribution in [3.8, 4) is 0 Å². The van der Waals surface area contributed by atoms with Gasteiger partial charge >= 0.3 is 0 Å². The third kappa shape index (κ3) is 3.72. The number of nitrogens with one attached hydrogen (secondary N) is 1. The lowest BCUT2D eigenvalue weighted by Gasteiger charge is -2.07. The van der Waals surface area contributed by atoms with E-state index in [1.54, 1.807) is 30.7 Å². The molecule has 2 rings (SSSR count). The molecular formula is C13H15ClN4O. The van der Waals surface area contributed by atoms with Gasteiger partial charge in [-0.25, -0.2) is 4.98 Å². The van der Waals surface area contributed by atoms with E-state index in [1.807, 2.05) is 10.8 Å². The summed E-state index contributed by atoms with van der Waals surface area (Å²) < 4.78 is 1.96. The maximum absolute atomic E-state index is 11.8. The van der Waals surface area contributed by atoms with Gasteiger partial charge in [0.05, 0.1) is 17.0 Å². The van der Waals surface area contributed by atoms with Crippen LogP contribution in [0.2, 0.25) is 5.02 Å². The lowest BCUT2D eigenvalue weighted by atomic mass is 10.2. The molecule has 100 valence electrons. The third-order valence-corrected chi connectivity index (χ3v) is 3.04. The number of nitrogens with two attached hydrogens (primary N) is 1. The molecule has 0 unspecified atom stereocenters. The first kappa shape index (κ1) is 13.4. The van der Waals surface area contributed by atoms with Gasteiger partial charge in [-0.15, -0.1) is 0 Å². The summed E-state index contributed by atoms with van der Waals surface area (Å²) in [4.78, 5) is 15.8. The van der Waals surface area contributed by atoms with Gasteiger partial charge in [0.2, 0.25) is 0 Å². The summed E-state index contributed by atoms with van der Waals surface area (Å²) in [7, 11) is 0. The summed E-state index contributed by atoms with van der Waals surface area (Å²) in [6, 6.07) is 4.86. The monoisotopic (exact) mass is 278 g/mol. The standard InChI is InChI=1S/C13H15ClN4O/c14-11-3-2-10(8-12(11)15)13(19)17-4-1-6-18-7-5-16-9-18/h2-3,5,7-9H,1,4,6,15H2,(H,17,19). The molecule has 0 atom stereocenters. The largest absolute Gasteiger partial charge is 0.398 e. The summed E-state index contributed by atoms with van der Waals surface area (Å²) in [5.74, 6) is -0.144. The molecule has 0 saturated carbocycles. The zero-order valence-electron chi connectivity index (χ0n) is 10.3. The molecule has 3 N–H and O–H groups in total. The molecule has 0 saturated heterocycles. The molecule has 0 fully saturated rings. The normalized spacial score (nSPS) is 10.4. The number of rotatable bonds is 5. The number of nitrogen functional groups attached to an aromatic ring is 1. The lowest BCUT2D eigenvalue weighted by Crippen LogP contribution is -2.25. The van der Waals surface area contributed by atoms with Crippen LogP contribution in [0.15, 0.2) is 36.9 Å². The smallest absolute Gasteiger partial charge is 0.251 e. The number of hydrogen-bond acceptors (Lipinski definition) is 3. The number of benzene rings is 1. The number of nitrogens with zero attached hydrogens (tertiary/aromatic N) is 2. The number of carbonyl (C=O) groups is 1. The van der Waals surface area contributed by atoms with Crippen LogP contribution in [-0.2, 0) is 6.54 Å². The fraction of sp³-hybridized carbons (Fsp3) is 0.231. The molecule has 0 aliphatic rings. The number of carbonyl (C=O) groups excluding carboxylic acids is 1. The van der Waals surface area contributed by atoms with Crippen molar-refractivity contribution >= 4 is 23.2 Å². The van der Waals surface area contributed by atoms with Gasteiger partial charge in [0.1, 0.15) is 0 Å². The average molecular weight is 279 g/mol. The van der Waals surface area contributed by atoms with Gasteiger partial charge in [-0.3, -0.25) is 4.79 Å². The highest BCUT2D eigenvalue weighted by Crippen LogP contribution is 2.19. The minimum Gasteiger partial charge on any atom is -0.398 e. The third-order valence-electron chi connectivity index (χ3n) is 2.70. The van der Waals surface area contributed by atoms with Crippen molar-refractivity contribution in [3.63, 3.8) is 0 Å². The van der Waals surface area contributed by atoms with Crippen LogP contribution in [0.1, 0.15) is 16.8 Å². The Morgan fingerprint density at radius 2 is 2.32 bits per heavy atom. The Hall–Kier alpha value is -2.01. The van der Waals surface area contributed by atoms with Crippen LogP contribution in [0.3, 0.4) is 0 Å². The number of halogens is 1. The zero-order valence-corrected chi connectivity index (χ0v) is 11.1. The second-order valence-corrected chi connectivity index (χ2v) is 4.55. The Bertz CT molecular complexity index is 554. The Kier molecular flexibility index (Phi) is 4.41. The van der Waals surface area contributed by atoms with Crippen molar-refractivity contribution in [1.29, 1.82) is 0 Å². The molecule has 2 aromatic rings. The molecule has 0 radical (unpaired) electrons. The van der Waals surface area contributed by atoms with Crippen LogP contribution < -0.4 is 11.1 Å². The molecule has 0 spiro atoms. The second kappa shape index (κ2) is 6.24. The van der Waals surface area contributed by atoms with E-state index in [-0.39, 0.29) is 5.91 Å². The van der Waals surface area contributed by atoms with Crippen LogP contribution in [-0.4, -0.2) is 22.0 Å². The highest BCUT2D eigenvalue weighted by atomic mass is 35.5. The highest BCUT2D eigenvalue weighted by molar-refractivity contribution is 6.33. The summed E-state index contributed by atoms with van der Waals surface area (Å²) in [6.07, 6.45) is 6.21. The number of amides is 1. The van der Waals surface area contributed by atoms with Gasteiger partial charge in [-0.1, -0.05) is 11.6 Å². The molecule has 0 bridgehead atoms. The molecule has 1 aromatic heterocycles. The van der Waals surface area contributed by atoms with E-state index in [0.29, 0.717) is 22.8 Å².